The van der Waals surface area contributed by atoms with Gasteiger partial charge >= 0.3 is 0 Å². The summed E-state index contributed by atoms with van der Waals surface area (Å²) in [5, 5.41) is 0. The Bertz CT molecular complexity index is 680. The van der Waals surface area contributed by atoms with E-state index in [1.807, 2.05) is 0 Å². The van der Waals surface area contributed by atoms with Crippen LogP contribution in [0.2, 0.25) is 0 Å². The zero-order chi connectivity index (χ0) is 19.7. The van der Waals surface area contributed by atoms with Crippen LogP contribution in [0.15, 0.2) is 42.5 Å². The van der Waals surface area contributed by atoms with Crippen LogP contribution in [0.3, 0.4) is 0 Å². The van der Waals surface area contributed by atoms with E-state index in [-0.39, 0.29) is 5.41 Å². The van der Waals surface area contributed by atoms with Crippen LogP contribution in [0.4, 0.5) is 11.4 Å². The van der Waals surface area contributed by atoms with Gasteiger partial charge in [0.1, 0.15) is 0 Å². The van der Waals surface area contributed by atoms with Crippen LogP contribution in [-0.2, 0) is 11.8 Å². The van der Waals surface area contributed by atoms with Crippen molar-refractivity contribution in [3.63, 3.8) is 0 Å². The number of benzene rings is 2. The first-order chi connectivity index (χ1) is 13.1. The molecule has 2 rings (SSSR count). The van der Waals surface area contributed by atoms with Crippen molar-refractivity contribution in [2.45, 2.75) is 84.0 Å². The molecule has 0 aromatic heterocycles. The number of hydrogen-bond donors (Lipinski definition) is 2. The fourth-order valence-corrected chi connectivity index (χ4v) is 4.25. The van der Waals surface area contributed by atoms with Crippen LogP contribution in [0, 0.1) is 0 Å². The molecule has 2 heteroatoms. The Morgan fingerprint density at radius 1 is 0.704 bits per heavy atom. The number of nitrogen functional groups attached to an aromatic ring is 2. The Morgan fingerprint density at radius 2 is 1.26 bits per heavy atom. The summed E-state index contributed by atoms with van der Waals surface area (Å²) < 4.78 is 0. The maximum atomic E-state index is 6.18. The molecule has 148 valence electrons. The molecule has 27 heavy (non-hydrogen) atoms. The van der Waals surface area contributed by atoms with Crippen molar-refractivity contribution in [2.24, 2.45) is 0 Å². The molecule has 0 saturated heterocycles. The summed E-state index contributed by atoms with van der Waals surface area (Å²) in [6.07, 6.45) is 10.7. The van der Waals surface area contributed by atoms with Crippen molar-refractivity contribution in [3.8, 4) is 0 Å². The van der Waals surface area contributed by atoms with Gasteiger partial charge in [0.15, 0.2) is 0 Å². The minimum Gasteiger partial charge on any atom is -0.399 e. The normalized spacial score (nSPS) is 11.7. The zero-order valence-electron chi connectivity index (χ0n) is 17.6. The average molecular weight is 367 g/mol. The molecular formula is C25H38N2. The van der Waals surface area contributed by atoms with E-state index < -0.39 is 0 Å². The summed E-state index contributed by atoms with van der Waals surface area (Å²) in [5.41, 5.74) is 18.3. The molecule has 0 amide bonds. The number of nitrogens with two attached hydrogens (primary N) is 2. The molecule has 2 aromatic rings. The second-order valence-corrected chi connectivity index (χ2v) is 7.93. The molecule has 4 N–H and O–H groups in total. The zero-order valence-corrected chi connectivity index (χ0v) is 17.6. The topological polar surface area (TPSA) is 52.0 Å². The van der Waals surface area contributed by atoms with E-state index >= 15 is 0 Å². The largest absolute Gasteiger partial charge is 0.399 e. The molecule has 0 aliphatic rings. The van der Waals surface area contributed by atoms with Crippen LogP contribution in [0.25, 0.3) is 0 Å². The van der Waals surface area contributed by atoms with Gasteiger partial charge in [0.25, 0.3) is 0 Å². The molecule has 0 bridgehead atoms. The number of aryl methyl sites for hydroxylation is 1. The lowest BCUT2D eigenvalue weighted by molar-refractivity contribution is 0.402. The smallest absolute Gasteiger partial charge is 0.0316 e. The van der Waals surface area contributed by atoms with Crippen molar-refractivity contribution >= 4 is 11.4 Å². The van der Waals surface area contributed by atoms with Crippen molar-refractivity contribution in [1.29, 1.82) is 0 Å². The highest BCUT2D eigenvalue weighted by molar-refractivity contribution is 5.52. The first-order valence-electron chi connectivity index (χ1n) is 10.8. The summed E-state index contributed by atoms with van der Waals surface area (Å²) in [7, 11) is 0. The van der Waals surface area contributed by atoms with Gasteiger partial charge in [-0.3, -0.25) is 0 Å². The van der Waals surface area contributed by atoms with E-state index in [1.54, 1.807) is 0 Å². The third-order valence-electron chi connectivity index (χ3n) is 5.82. The van der Waals surface area contributed by atoms with Crippen molar-refractivity contribution in [1.82, 2.24) is 0 Å². The maximum Gasteiger partial charge on any atom is 0.0316 e. The third-order valence-corrected chi connectivity index (χ3v) is 5.82. The molecule has 0 spiro atoms. The molecule has 0 aliphatic heterocycles. The second-order valence-electron chi connectivity index (χ2n) is 7.93. The number of anilines is 2. The molecule has 0 aliphatic carbocycles. The van der Waals surface area contributed by atoms with Gasteiger partial charge in [0.2, 0.25) is 0 Å². The van der Waals surface area contributed by atoms with Crippen LogP contribution in [0.1, 0.15) is 88.8 Å². The van der Waals surface area contributed by atoms with E-state index in [9.17, 15) is 0 Å². The third kappa shape index (κ3) is 5.28. The van der Waals surface area contributed by atoms with Gasteiger partial charge in [-0.15, -0.1) is 0 Å². The summed E-state index contributed by atoms with van der Waals surface area (Å²) in [4.78, 5) is 0. The predicted molar refractivity (Wildman–Crippen MR) is 120 cm³/mol. The number of unbranched alkanes of at least 4 members (excludes halogenated alkanes) is 3. The highest BCUT2D eigenvalue weighted by atomic mass is 14.6. The lowest BCUT2D eigenvalue weighted by Gasteiger charge is -2.37. The molecular weight excluding hydrogens is 328 g/mol. The number of rotatable bonds is 11. The minimum atomic E-state index is 0.0521. The van der Waals surface area contributed by atoms with E-state index in [0.29, 0.717) is 0 Å². The summed E-state index contributed by atoms with van der Waals surface area (Å²) in [5.74, 6) is 0. The summed E-state index contributed by atoms with van der Waals surface area (Å²) in [6, 6.07) is 15.2. The Kier molecular flexibility index (Phi) is 8.22. The molecule has 0 saturated carbocycles. The Balaban J connectivity index is 2.64. The highest BCUT2D eigenvalue weighted by Crippen LogP contribution is 2.44. The van der Waals surface area contributed by atoms with Gasteiger partial charge in [0.05, 0.1) is 0 Å². The fourth-order valence-electron chi connectivity index (χ4n) is 4.25. The lowest BCUT2D eigenvalue weighted by atomic mass is 9.66. The minimum absolute atomic E-state index is 0.0521. The standard InChI is InChI=1S/C25H38N2/c1-4-7-10-20-19-23(27)15-16-24(20)25(17-8-5-2,18-9-6-3)21-11-13-22(26)14-12-21/h11-16,19H,4-10,17-18,26-27H2,1-3H3. The molecule has 0 fully saturated rings. The second kappa shape index (κ2) is 10.4. The Labute approximate surface area is 166 Å². The highest BCUT2D eigenvalue weighted by Gasteiger charge is 2.34. The summed E-state index contributed by atoms with van der Waals surface area (Å²) >= 11 is 0. The number of hydrogen-bond acceptors (Lipinski definition) is 2. The summed E-state index contributed by atoms with van der Waals surface area (Å²) in [6.45, 7) is 6.83. The van der Waals surface area contributed by atoms with Crippen LogP contribution < -0.4 is 11.5 Å². The first kappa shape index (κ1) is 21.3. The van der Waals surface area contributed by atoms with Gasteiger partial charge in [-0.2, -0.15) is 0 Å². The average Bonchev–Trinajstić information content (AvgIpc) is 2.68. The van der Waals surface area contributed by atoms with Crippen molar-refractivity contribution in [2.75, 3.05) is 11.5 Å². The molecule has 0 radical (unpaired) electrons. The van der Waals surface area contributed by atoms with Gasteiger partial charge in [0, 0.05) is 16.8 Å². The SMILES string of the molecule is CCCCc1cc(N)ccc1C(CCCC)(CCCC)c1ccc(N)cc1. The van der Waals surface area contributed by atoms with E-state index in [0.717, 1.165) is 17.8 Å². The van der Waals surface area contributed by atoms with Gasteiger partial charge in [-0.05, 0) is 66.6 Å². The molecule has 0 heterocycles. The van der Waals surface area contributed by atoms with Crippen LogP contribution >= 0.6 is 0 Å². The lowest BCUT2D eigenvalue weighted by Crippen LogP contribution is -2.29. The van der Waals surface area contributed by atoms with Crippen LogP contribution in [0.5, 0.6) is 0 Å². The van der Waals surface area contributed by atoms with E-state index in [4.69, 9.17) is 11.5 Å². The monoisotopic (exact) mass is 366 g/mol. The Morgan fingerprint density at radius 3 is 1.81 bits per heavy atom. The quantitative estimate of drug-likeness (QED) is 0.427. The molecule has 0 atom stereocenters. The van der Waals surface area contributed by atoms with Gasteiger partial charge in [-0.25, -0.2) is 0 Å². The van der Waals surface area contributed by atoms with Crippen molar-refractivity contribution < 1.29 is 0 Å². The van der Waals surface area contributed by atoms with Crippen molar-refractivity contribution in [3.05, 3.63) is 59.2 Å². The van der Waals surface area contributed by atoms with Gasteiger partial charge < -0.3 is 11.5 Å². The fraction of sp³-hybridized carbons (Fsp3) is 0.520. The van der Waals surface area contributed by atoms with E-state index in [1.165, 1.54) is 68.1 Å². The Hall–Kier alpha value is -1.96. The maximum absolute atomic E-state index is 6.18. The van der Waals surface area contributed by atoms with Crippen LogP contribution in [-0.4, -0.2) is 0 Å². The predicted octanol–water partition coefficient (Wildman–Crippen LogP) is 6.86. The van der Waals surface area contributed by atoms with Gasteiger partial charge in [-0.1, -0.05) is 71.1 Å². The molecule has 0 unspecified atom stereocenters. The first-order valence-corrected chi connectivity index (χ1v) is 10.8. The van der Waals surface area contributed by atoms with E-state index in [2.05, 4.69) is 63.2 Å². The molecule has 2 aromatic carbocycles. The molecule has 2 nitrogen and oxygen atoms in total.